The SMILES string of the molecule is CC(C)(O/N=C(\C(=O)NC1C(=O)N2C[C@@](C(=O)O)(N3CCN(NC(=O)C(=O)c4ccc(O)c(O)c4Cl)C(=O)C3=O)S[C@H]12)c1nsc(N)n1)C(=O)O. The number of nitrogen functional groups attached to an aromatic ring is 1. The number of rotatable bonds is 11. The number of hydrogen-bond acceptors (Lipinski definition) is 17. The number of Topliss-reactive ketones (excluding diaryl/α,β-unsaturated/α-hetero) is 1. The van der Waals surface area contributed by atoms with Gasteiger partial charge in [-0.25, -0.2) is 14.6 Å². The molecule has 3 aliphatic rings. The number of hydrazine groups is 1. The molecule has 3 fully saturated rings. The summed E-state index contributed by atoms with van der Waals surface area (Å²) in [5.41, 5.74) is 4.44. The molecule has 0 aliphatic carbocycles. The Morgan fingerprint density at radius 1 is 1.10 bits per heavy atom. The van der Waals surface area contributed by atoms with E-state index >= 15 is 0 Å². The van der Waals surface area contributed by atoms with Gasteiger partial charge in [0.15, 0.2) is 16.6 Å². The zero-order chi connectivity index (χ0) is 37.7. The van der Waals surface area contributed by atoms with Gasteiger partial charge in [-0.15, -0.1) is 0 Å². The number of nitrogens with zero attached hydrogens (tertiary/aromatic N) is 6. The number of carbonyl (C=O) groups excluding carboxylic acids is 6. The molecule has 3 saturated heterocycles. The number of carbonyl (C=O) groups is 8. The summed E-state index contributed by atoms with van der Waals surface area (Å²) in [4.78, 5) is 111. The zero-order valence-electron chi connectivity index (χ0n) is 25.8. The van der Waals surface area contributed by atoms with Crippen molar-refractivity contribution in [2.45, 2.75) is 35.7 Å². The predicted molar refractivity (Wildman–Crippen MR) is 170 cm³/mol. The van der Waals surface area contributed by atoms with Gasteiger partial charge in [0, 0.05) is 18.1 Å². The lowest BCUT2D eigenvalue weighted by Crippen LogP contribution is -2.69. The van der Waals surface area contributed by atoms with E-state index in [1.165, 1.54) is 0 Å². The fourth-order valence-electron chi connectivity index (χ4n) is 4.84. The molecule has 0 spiro atoms. The van der Waals surface area contributed by atoms with Gasteiger partial charge >= 0.3 is 29.7 Å². The molecule has 1 unspecified atom stereocenters. The summed E-state index contributed by atoms with van der Waals surface area (Å²) < 4.78 is 3.86. The van der Waals surface area contributed by atoms with Gasteiger partial charge in [0.2, 0.25) is 27.9 Å². The van der Waals surface area contributed by atoms with Crippen LogP contribution in [-0.2, 0) is 38.4 Å². The first-order valence-electron chi connectivity index (χ1n) is 14.1. The van der Waals surface area contributed by atoms with E-state index in [4.69, 9.17) is 22.2 Å². The number of anilines is 1. The molecule has 0 saturated carbocycles. The number of oxime groups is 1. The Hall–Kier alpha value is -5.75. The van der Waals surface area contributed by atoms with Gasteiger partial charge in [-0.3, -0.25) is 34.2 Å². The smallest absolute Gasteiger partial charge is 0.350 e. The Balaban J connectivity index is 1.30. The van der Waals surface area contributed by atoms with Crippen molar-refractivity contribution in [3.05, 3.63) is 28.5 Å². The van der Waals surface area contributed by atoms with Gasteiger partial charge in [-0.05, 0) is 26.0 Å². The molecule has 1 aromatic carbocycles. The Bertz CT molecular complexity index is 1960. The number of β-lactam (4-membered cyclic amide) rings is 1. The number of thioether (sulfide) groups is 1. The summed E-state index contributed by atoms with van der Waals surface area (Å²) in [6.07, 6.45) is 0. The van der Waals surface area contributed by atoms with E-state index in [2.05, 4.69) is 19.8 Å². The predicted octanol–water partition coefficient (Wildman–Crippen LogP) is -2.47. The van der Waals surface area contributed by atoms with Crippen molar-refractivity contribution in [3.63, 3.8) is 0 Å². The number of aromatic hydroxyl groups is 2. The van der Waals surface area contributed by atoms with E-state index in [1.54, 1.807) is 0 Å². The number of hydrogen-bond donors (Lipinski definition) is 7. The number of ketones is 1. The number of benzene rings is 1. The van der Waals surface area contributed by atoms with Crippen molar-refractivity contribution >= 4 is 93.0 Å². The highest BCUT2D eigenvalue weighted by Crippen LogP contribution is 2.49. The second kappa shape index (κ2) is 13.2. The average molecular weight is 770 g/mol. The summed E-state index contributed by atoms with van der Waals surface area (Å²) in [5, 5.41) is 43.5. The van der Waals surface area contributed by atoms with Gasteiger partial charge in [0.05, 0.1) is 23.7 Å². The number of carboxylic acid groups (broad SMARTS) is 2. The van der Waals surface area contributed by atoms with Gasteiger partial charge in [0.25, 0.3) is 11.7 Å². The van der Waals surface area contributed by atoms with Crippen LogP contribution in [0.4, 0.5) is 5.13 Å². The largest absolute Gasteiger partial charge is 0.504 e. The second-order valence-corrected chi connectivity index (χ2v) is 13.9. The van der Waals surface area contributed by atoms with Gasteiger partial charge in [-0.1, -0.05) is 28.5 Å². The fraction of sp³-hybridized carbons (Fsp3) is 0.346. The van der Waals surface area contributed by atoms with Crippen molar-refractivity contribution in [1.29, 1.82) is 0 Å². The molecule has 3 aliphatic heterocycles. The molecular weight excluding hydrogens is 746 g/mol. The van der Waals surface area contributed by atoms with Crippen molar-refractivity contribution in [2.75, 3.05) is 25.4 Å². The number of aliphatic carboxylic acids is 2. The van der Waals surface area contributed by atoms with Crippen LogP contribution in [0.2, 0.25) is 5.02 Å². The third kappa shape index (κ3) is 6.38. The molecule has 8 N–H and O–H groups in total. The Morgan fingerprint density at radius 2 is 1.78 bits per heavy atom. The number of carboxylic acids is 2. The van der Waals surface area contributed by atoms with Gasteiger partial charge in [0.1, 0.15) is 11.4 Å². The Kier molecular flexibility index (Phi) is 9.44. The maximum absolute atomic E-state index is 13.3. The van der Waals surface area contributed by atoms with E-state index in [-0.39, 0.29) is 11.0 Å². The lowest BCUT2D eigenvalue weighted by atomic mass is 10.0. The topological polar surface area (TPSA) is 325 Å². The standard InChI is InChI=1S/C26H24ClN9O13S2/c1-25(2,22(45)46)49-32-11(15-30-24(28)51-33-15)16(40)29-12-18(42)34-7-26(23(47)48,50-21(12)34)35-5-6-36(20(44)19(35)43)31-17(41)13(38)8-3-4-9(37)14(39)10(8)27/h3-4,12,21,37,39H,5-7H2,1-2H3,(H,29,40)(H,31,41)(H,45,46)(H,47,48)(H2,28,30,33)/b32-11-/t12?,21-,26-/m1/s1. The number of phenols is 2. The van der Waals surface area contributed by atoms with Gasteiger partial charge < -0.3 is 46.1 Å². The van der Waals surface area contributed by atoms with Crippen molar-refractivity contribution in [3.8, 4) is 11.5 Å². The molecule has 270 valence electrons. The second-order valence-electron chi connectivity index (χ2n) is 11.3. The third-order valence-corrected chi connectivity index (χ3v) is 10.3. The maximum Gasteiger partial charge on any atom is 0.350 e. The molecule has 25 heteroatoms. The number of phenolic OH excluding ortho intramolecular Hbond substituents is 2. The number of piperazine rings is 1. The molecule has 3 atom stereocenters. The molecule has 5 amide bonds. The maximum atomic E-state index is 13.3. The Morgan fingerprint density at radius 3 is 2.39 bits per heavy atom. The number of nitrogens with one attached hydrogen (secondary N) is 2. The molecule has 5 rings (SSSR count). The van der Waals surface area contributed by atoms with Crippen molar-refractivity contribution in [1.82, 2.24) is 34.9 Å². The van der Waals surface area contributed by atoms with E-state index in [1.807, 2.05) is 5.43 Å². The first-order chi connectivity index (χ1) is 23.8. The molecule has 51 heavy (non-hydrogen) atoms. The first-order valence-corrected chi connectivity index (χ1v) is 16.1. The van der Waals surface area contributed by atoms with Crippen LogP contribution in [0.25, 0.3) is 0 Å². The van der Waals surface area contributed by atoms with Crippen molar-refractivity contribution < 1.29 is 63.6 Å². The molecule has 22 nitrogen and oxygen atoms in total. The number of amides is 5. The highest BCUT2D eigenvalue weighted by atomic mass is 35.5. The van der Waals surface area contributed by atoms with Crippen LogP contribution in [0.5, 0.6) is 11.5 Å². The summed E-state index contributed by atoms with van der Waals surface area (Å²) in [6, 6.07) is 0.426. The molecule has 1 aromatic heterocycles. The van der Waals surface area contributed by atoms with E-state index in [0.717, 1.165) is 30.9 Å². The molecule has 0 radical (unpaired) electrons. The van der Waals surface area contributed by atoms with Crippen LogP contribution in [0.15, 0.2) is 17.3 Å². The van der Waals surface area contributed by atoms with Crippen molar-refractivity contribution in [2.24, 2.45) is 5.16 Å². The minimum atomic E-state index is -2.24. The van der Waals surface area contributed by atoms with Crippen LogP contribution in [0, 0.1) is 0 Å². The van der Waals surface area contributed by atoms with Crippen LogP contribution in [0.3, 0.4) is 0 Å². The quantitative estimate of drug-likeness (QED) is 0.0311. The van der Waals surface area contributed by atoms with Crippen LogP contribution >= 0.6 is 34.9 Å². The highest BCUT2D eigenvalue weighted by Gasteiger charge is 2.66. The number of fused-ring (bicyclic) bond motifs is 1. The van der Waals surface area contributed by atoms with Crippen LogP contribution in [0.1, 0.15) is 30.0 Å². The third-order valence-electron chi connectivity index (χ3n) is 7.65. The van der Waals surface area contributed by atoms with Crippen LogP contribution < -0.4 is 16.5 Å². The van der Waals surface area contributed by atoms with E-state index < -0.39 is 117 Å². The normalized spacial score (nSPS) is 21.9. The van der Waals surface area contributed by atoms with E-state index in [0.29, 0.717) is 33.2 Å². The molecule has 0 bridgehead atoms. The summed E-state index contributed by atoms with van der Waals surface area (Å²) in [6.45, 7) is 0.657. The molecule has 4 heterocycles. The monoisotopic (exact) mass is 769 g/mol. The minimum absolute atomic E-state index is 0.0843. The number of aromatic nitrogens is 2. The number of halogens is 1. The summed E-state index contributed by atoms with van der Waals surface area (Å²) in [5.74, 6) is -12.5. The average Bonchev–Trinajstić information content (AvgIpc) is 3.67. The van der Waals surface area contributed by atoms with Gasteiger partial charge in [-0.2, -0.15) is 9.36 Å². The Labute approximate surface area is 297 Å². The highest BCUT2D eigenvalue weighted by molar-refractivity contribution is 8.02. The lowest BCUT2D eigenvalue weighted by Gasteiger charge is -2.41. The first kappa shape index (κ1) is 36.5. The molecular formula is C26H24ClN9O13S2. The zero-order valence-corrected chi connectivity index (χ0v) is 28.2. The van der Waals surface area contributed by atoms with E-state index in [9.17, 15) is 58.8 Å². The molecule has 2 aromatic rings. The van der Waals surface area contributed by atoms with Crippen LogP contribution in [-0.4, -0.2) is 139 Å². The number of nitrogens with two attached hydrogens (primary N) is 1. The minimum Gasteiger partial charge on any atom is -0.504 e. The lowest BCUT2D eigenvalue weighted by molar-refractivity contribution is -0.167. The summed E-state index contributed by atoms with van der Waals surface area (Å²) in [7, 11) is 0. The fourth-order valence-corrected chi connectivity index (χ4v) is 7.16. The summed E-state index contributed by atoms with van der Waals surface area (Å²) >= 11 is 7.07.